The van der Waals surface area contributed by atoms with Crippen molar-refractivity contribution in [2.24, 2.45) is 17.8 Å². The number of unbranched alkanes of at least 4 members (excludes halogenated alkanes) is 1. The van der Waals surface area contributed by atoms with Gasteiger partial charge in [0.15, 0.2) is 0 Å². The largest absolute Gasteiger partial charge is 0.385 e. The number of carbonyl (C=O) groups is 2. The van der Waals surface area contributed by atoms with Crippen LogP contribution in [0.3, 0.4) is 0 Å². The third-order valence-electron chi connectivity index (χ3n) is 9.42. The summed E-state index contributed by atoms with van der Waals surface area (Å²) in [5.74, 6) is -0.0976. The van der Waals surface area contributed by atoms with E-state index in [0.717, 1.165) is 38.6 Å². The zero-order valence-electron chi connectivity index (χ0n) is 26.3. The minimum Gasteiger partial charge on any atom is -0.385 e. The molecule has 1 aliphatic heterocycles. The van der Waals surface area contributed by atoms with Gasteiger partial charge in [0.25, 0.3) is 0 Å². The molecule has 0 aromatic heterocycles. The quantitative estimate of drug-likeness (QED) is 0.205. The minimum atomic E-state index is -0.724. The lowest BCUT2D eigenvalue weighted by Gasteiger charge is -2.47. The molecule has 1 aromatic carbocycles. The van der Waals surface area contributed by atoms with Crippen LogP contribution in [0.4, 0.5) is 9.18 Å². The number of piperidine rings is 1. The summed E-state index contributed by atoms with van der Waals surface area (Å²) in [4.78, 5) is 28.4. The molecule has 9 heteroatoms. The van der Waals surface area contributed by atoms with Gasteiger partial charge < -0.3 is 25.6 Å². The molecule has 42 heavy (non-hydrogen) atoms. The monoisotopic (exact) mass is 608 g/mol. The number of rotatable bonds is 15. The molecule has 2 fully saturated rings. The standard InChI is InChI=1S/C33H54ClFN4O3/c1-24(2)31(40)37-23-33(17-8-9-19-42-4,28-15-10-16-29(34)30(28)35)26-14-11-18-39(22-26)32(41)38-27(21-36-3)20-25-12-6-5-7-13-25/h10,15-16,24-27,36H,5-9,11-14,17-23H2,1-4H3,(H,37,40)(H,38,41)/t26-,27+,33?/m1/s1. The first-order valence-electron chi connectivity index (χ1n) is 16.1. The van der Waals surface area contributed by atoms with Crippen molar-refractivity contribution in [2.45, 2.75) is 95.9 Å². The number of nitrogens with one attached hydrogen (secondary N) is 3. The highest BCUT2D eigenvalue weighted by Crippen LogP contribution is 2.44. The number of ether oxygens (including phenoxy) is 1. The van der Waals surface area contributed by atoms with Gasteiger partial charge in [-0.25, -0.2) is 9.18 Å². The lowest BCUT2D eigenvalue weighted by atomic mass is 9.64. The van der Waals surface area contributed by atoms with Gasteiger partial charge in [-0.1, -0.05) is 76.1 Å². The molecular formula is C33H54ClFN4O3. The van der Waals surface area contributed by atoms with Crippen molar-refractivity contribution < 1.29 is 18.7 Å². The van der Waals surface area contributed by atoms with Crippen LogP contribution in [0.1, 0.15) is 90.0 Å². The first-order chi connectivity index (χ1) is 20.2. The molecule has 1 saturated heterocycles. The van der Waals surface area contributed by atoms with Gasteiger partial charge in [-0.2, -0.15) is 0 Å². The fourth-order valence-electron chi connectivity index (χ4n) is 7.05. The van der Waals surface area contributed by atoms with Crippen molar-refractivity contribution in [1.82, 2.24) is 20.9 Å². The summed E-state index contributed by atoms with van der Waals surface area (Å²) in [6.07, 6.45) is 11.2. The fraction of sp³-hybridized carbons (Fsp3) is 0.758. The molecule has 238 valence electrons. The summed E-state index contributed by atoms with van der Waals surface area (Å²) in [6.45, 7) is 6.51. The minimum absolute atomic E-state index is 0.0539. The third-order valence-corrected chi connectivity index (χ3v) is 9.71. The summed E-state index contributed by atoms with van der Waals surface area (Å²) in [7, 11) is 3.61. The maximum atomic E-state index is 15.9. The van der Waals surface area contributed by atoms with Crippen LogP contribution in [0.15, 0.2) is 18.2 Å². The maximum absolute atomic E-state index is 15.9. The van der Waals surface area contributed by atoms with Crippen LogP contribution in [0.25, 0.3) is 0 Å². The second-order valence-electron chi connectivity index (χ2n) is 12.8. The van der Waals surface area contributed by atoms with Gasteiger partial charge in [0, 0.05) is 57.3 Å². The first kappa shape index (κ1) is 34.6. The van der Waals surface area contributed by atoms with E-state index in [2.05, 4.69) is 16.0 Å². The molecule has 1 heterocycles. The van der Waals surface area contributed by atoms with E-state index < -0.39 is 11.2 Å². The van der Waals surface area contributed by atoms with Crippen molar-refractivity contribution in [3.8, 4) is 0 Å². The van der Waals surface area contributed by atoms with E-state index in [0.29, 0.717) is 44.1 Å². The van der Waals surface area contributed by atoms with Crippen molar-refractivity contribution in [3.63, 3.8) is 0 Å². The Kier molecular flexibility index (Phi) is 14.3. The van der Waals surface area contributed by atoms with Gasteiger partial charge in [-0.15, -0.1) is 0 Å². The number of hydrogen-bond acceptors (Lipinski definition) is 4. The number of carbonyl (C=O) groups excluding carboxylic acids is 2. The van der Waals surface area contributed by atoms with Crippen LogP contribution < -0.4 is 16.0 Å². The van der Waals surface area contributed by atoms with Crippen molar-refractivity contribution in [2.75, 3.05) is 46.9 Å². The molecule has 3 amide bonds. The van der Waals surface area contributed by atoms with E-state index >= 15 is 4.39 Å². The Labute approximate surface area is 258 Å². The molecular weight excluding hydrogens is 555 g/mol. The Hall–Kier alpha value is -1.90. The number of methoxy groups -OCH3 is 1. The van der Waals surface area contributed by atoms with Crippen molar-refractivity contribution >= 4 is 23.5 Å². The van der Waals surface area contributed by atoms with Crippen LogP contribution in [0, 0.1) is 23.6 Å². The first-order valence-corrected chi connectivity index (χ1v) is 16.5. The molecule has 1 aliphatic carbocycles. The summed E-state index contributed by atoms with van der Waals surface area (Å²) >= 11 is 6.34. The number of nitrogens with zero attached hydrogens (tertiary/aromatic N) is 1. The summed E-state index contributed by atoms with van der Waals surface area (Å²) in [5.41, 5.74) is -0.201. The van der Waals surface area contributed by atoms with E-state index in [1.807, 2.05) is 31.9 Å². The van der Waals surface area contributed by atoms with Crippen molar-refractivity contribution in [3.05, 3.63) is 34.6 Å². The summed E-state index contributed by atoms with van der Waals surface area (Å²) < 4.78 is 21.2. The van der Waals surface area contributed by atoms with Crippen LogP contribution in [0.5, 0.6) is 0 Å². The lowest BCUT2D eigenvalue weighted by molar-refractivity contribution is -0.124. The number of urea groups is 1. The Bertz CT molecular complexity index is 990. The molecule has 0 radical (unpaired) electrons. The van der Waals surface area contributed by atoms with E-state index in [-0.39, 0.29) is 34.8 Å². The average molecular weight is 609 g/mol. The molecule has 1 aromatic rings. The zero-order valence-corrected chi connectivity index (χ0v) is 27.0. The molecule has 3 rings (SSSR count). The number of hydrogen-bond donors (Lipinski definition) is 3. The van der Waals surface area contributed by atoms with Crippen LogP contribution in [0.2, 0.25) is 5.02 Å². The predicted octanol–water partition coefficient (Wildman–Crippen LogP) is 6.29. The smallest absolute Gasteiger partial charge is 0.317 e. The summed E-state index contributed by atoms with van der Waals surface area (Å²) in [5, 5.41) is 9.81. The molecule has 1 saturated carbocycles. The zero-order chi connectivity index (χ0) is 30.5. The predicted molar refractivity (Wildman–Crippen MR) is 168 cm³/mol. The number of halogens is 2. The van der Waals surface area contributed by atoms with Crippen LogP contribution >= 0.6 is 11.6 Å². The Morgan fingerprint density at radius 2 is 1.90 bits per heavy atom. The number of likely N-dealkylation sites (tertiary alicyclic amines) is 1. The van der Waals surface area contributed by atoms with Crippen molar-refractivity contribution in [1.29, 1.82) is 0 Å². The molecule has 0 spiro atoms. The molecule has 0 bridgehead atoms. The highest BCUT2D eigenvalue weighted by atomic mass is 35.5. The van der Waals surface area contributed by atoms with Gasteiger partial charge in [-0.3, -0.25) is 4.79 Å². The van der Waals surface area contributed by atoms with Gasteiger partial charge in [0.05, 0.1) is 5.02 Å². The fourth-order valence-corrected chi connectivity index (χ4v) is 7.23. The van der Waals surface area contributed by atoms with Gasteiger partial charge in [-0.05, 0) is 62.6 Å². The van der Waals surface area contributed by atoms with Crippen LogP contribution in [-0.2, 0) is 14.9 Å². The Morgan fingerprint density at radius 3 is 2.60 bits per heavy atom. The third kappa shape index (κ3) is 9.55. The Balaban J connectivity index is 1.88. The number of likely N-dealkylation sites (N-methyl/N-ethyl adjacent to an activating group) is 1. The van der Waals surface area contributed by atoms with Gasteiger partial charge >= 0.3 is 6.03 Å². The van der Waals surface area contributed by atoms with Gasteiger partial charge in [0.1, 0.15) is 5.82 Å². The van der Waals surface area contributed by atoms with E-state index in [1.54, 1.807) is 19.2 Å². The number of benzene rings is 1. The normalized spacial score (nSPS) is 20.3. The Morgan fingerprint density at radius 1 is 1.14 bits per heavy atom. The number of amides is 3. The lowest BCUT2D eigenvalue weighted by Crippen LogP contribution is -2.56. The highest BCUT2D eigenvalue weighted by Gasteiger charge is 2.45. The molecule has 3 N–H and O–H groups in total. The second kappa shape index (κ2) is 17.4. The average Bonchev–Trinajstić information content (AvgIpc) is 2.99. The SMILES string of the molecule is CNC[C@H](CC1CCCCC1)NC(=O)N1CCC[C@@H](C(CCCCOC)(CNC(=O)C(C)C)c2cccc(Cl)c2F)C1. The molecule has 1 unspecified atom stereocenters. The molecule has 3 atom stereocenters. The van der Waals surface area contributed by atoms with E-state index in [1.165, 1.54) is 32.1 Å². The summed E-state index contributed by atoms with van der Waals surface area (Å²) in [6, 6.07) is 5.18. The molecule has 2 aliphatic rings. The van der Waals surface area contributed by atoms with Gasteiger partial charge in [0.2, 0.25) is 5.91 Å². The topological polar surface area (TPSA) is 82.7 Å². The second-order valence-corrected chi connectivity index (χ2v) is 13.2. The molecule has 7 nitrogen and oxygen atoms in total. The van der Waals surface area contributed by atoms with E-state index in [9.17, 15) is 9.59 Å². The van der Waals surface area contributed by atoms with Crippen LogP contribution in [-0.4, -0.2) is 69.8 Å². The maximum Gasteiger partial charge on any atom is 0.317 e. The van der Waals surface area contributed by atoms with E-state index in [4.69, 9.17) is 16.3 Å². The highest BCUT2D eigenvalue weighted by molar-refractivity contribution is 6.30.